The van der Waals surface area contributed by atoms with Crippen LogP contribution in [-0.2, 0) is 0 Å². The van der Waals surface area contributed by atoms with Gasteiger partial charge in [0.15, 0.2) is 0 Å². The van der Waals surface area contributed by atoms with Gasteiger partial charge in [-0.3, -0.25) is 0 Å². The Kier molecular flexibility index (Phi) is 5.10. The van der Waals surface area contributed by atoms with Gasteiger partial charge < -0.3 is 10.8 Å². The van der Waals surface area contributed by atoms with Gasteiger partial charge in [0.2, 0.25) is 0 Å². The third kappa shape index (κ3) is 4.83. The standard InChI is InChI=1S/C16H27NOS/c1-15(2,3)14(18)13(17)11-9-7-8-10-12(11)19-16(4,5)6/h7-10,13-14,18H,17H2,1-6H3/t13-,14-/m1/s1. The van der Waals surface area contributed by atoms with Crippen LogP contribution in [0.1, 0.15) is 53.1 Å². The van der Waals surface area contributed by atoms with Crippen LogP contribution in [0, 0.1) is 5.41 Å². The Morgan fingerprint density at radius 1 is 1.05 bits per heavy atom. The third-order valence-electron chi connectivity index (χ3n) is 2.92. The molecule has 2 atom stereocenters. The molecule has 0 amide bonds. The second-order valence-corrected chi connectivity index (χ2v) is 8.96. The normalized spacial score (nSPS) is 16.2. The maximum atomic E-state index is 10.4. The van der Waals surface area contributed by atoms with Crippen LogP contribution in [0.2, 0.25) is 0 Å². The van der Waals surface area contributed by atoms with Crippen molar-refractivity contribution in [3.63, 3.8) is 0 Å². The lowest BCUT2D eigenvalue weighted by Crippen LogP contribution is -2.37. The lowest BCUT2D eigenvalue weighted by molar-refractivity contribution is 0.0394. The van der Waals surface area contributed by atoms with E-state index in [2.05, 4.69) is 26.8 Å². The van der Waals surface area contributed by atoms with Gasteiger partial charge in [0.05, 0.1) is 12.1 Å². The number of nitrogens with two attached hydrogens (primary N) is 1. The Hall–Kier alpha value is -0.510. The zero-order valence-corrected chi connectivity index (χ0v) is 13.7. The minimum Gasteiger partial charge on any atom is -0.391 e. The van der Waals surface area contributed by atoms with Crippen LogP contribution in [0.25, 0.3) is 0 Å². The molecule has 0 aliphatic heterocycles. The van der Waals surface area contributed by atoms with Crippen LogP contribution >= 0.6 is 11.8 Å². The Morgan fingerprint density at radius 3 is 2.05 bits per heavy atom. The lowest BCUT2D eigenvalue weighted by atomic mass is 9.82. The minimum atomic E-state index is -0.561. The van der Waals surface area contributed by atoms with Crippen molar-refractivity contribution < 1.29 is 5.11 Å². The summed E-state index contributed by atoms with van der Waals surface area (Å²) in [6.45, 7) is 12.6. The van der Waals surface area contributed by atoms with Crippen molar-refractivity contribution in [2.45, 2.75) is 63.3 Å². The van der Waals surface area contributed by atoms with Crippen molar-refractivity contribution in [3.8, 4) is 0 Å². The number of hydrogen-bond donors (Lipinski definition) is 2. The van der Waals surface area contributed by atoms with Gasteiger partial charge in [-0.05, 0) is 17.0 Å². The van der Waals surface area contributed by atoms with Gasteiger partial charge in [0.25, 0.3) is 0 Å². The SMILES string of the molecule is CC(C)(C)Sc1ccccc1[C@@H](N)[C@@H](O)C(C)(C)C. The van der Waals surface area contributed by atoms with E-state index < -0.39 is 6.10 Å². The van der Waals surface area contributed by atoms with Gasteiger partial charge in [-0.25, -0.2) is 0 Å². The quantitative estimate of drug-likeness (QED) is 0.824. The maximum Gasteiger partial charge on any atom is 0.0781 e. The highest BCUT2D eigenvalue weighted by atomic mass is 32.2. The molecule has 1 rings (SSSR count). The largest absolute Gasteiger partial charge is 0.391 e. The molecule has 1 aromatic rings. The highest BCUT2D eigenvalue weighted by molar-refractivity contribution is 8.00. The van der Waals surface area contributed by atoms with E-state index in [-0.39, 0.29) is 16.2 Å². The second kappa shape index (κ2) is 5.86. The Morgan fingerprint density at radius 2 is 1.58 bits per heavy atom. The predicted octanol–water partition coefficient (Wildman–Crippen LogP) is 3.98. The van der Waals surface area contributed by atoms with Crippen molar-refractivity contribution in [1.29, 1.82) is 0 Å². The van der Waals surface area contributed by atoms with Gasteiger partial charge in [-0.15, -0.1) is 11.8 Å². The molecule has 0 aliphatic carbocycles. The van der Waals surface area contributed by atoms with Crippen molar-refractivity contribution in [3.05, 3.63) is 29.8 Å². The first kappa shape index (κ1) is 16.5. The zero-order chi connectivity index (χ0) is 14.8. The van der Waals surface area contributed by atoms with E-state index in [4.69, 9.17) is 5.73 Å². The first-order valence-corrected chi connectivity index (χ1v) is 7.55. The highest BCUT2D eigenvalue weighted by Crippen LogP contribution is 2.38. The molecule has 3 heteroatoms. The number of aliphatic hydroxyl groups is 1. The molecule has 0 aliphatic rings. The van der Waals surface area contributed by atoms with Gasteiger partial charge >= 0.3 is 0 Å². The summed E-state index contributed by atoms with van der Waals surface area (Å²) < 4.78 is 0.127. The van der Waals surface area contributed by atoms with Crippen molar-refractivity contribution in [1.82, 2.24) is 0 Å². The van der Waals surface area contributed by atoms with Crippen LogP contribution < -0.4 is 5.73 Å². The van der Waals surface area contributed by atoms with Gasteiger partial charge in [0, 0.05) is 9.64 Å². The Labute approximate surface area is 121 Å². The van der Waals surface area contributed by atoms with Crippen LogP contribution in [0.15, 0.2) is 29.2 Å². The van der Waals surface area contributed by atoms with Gasteiger partial charge in [-0.2, -0.15) is 0 Å². The van der Waals surface area contributed by atoms with Crippen LogP contribution in [0.4, 0.5) is 0 Å². The van der Waals surface area contributed by atoms with E-state index in [0.717, 1.165) is 10.5 Å². The summed E-state index contributed by atoms with van der Waals surface area (Å²) in [4.78, 5) is 1.16. The molecule has 0 heterocycles. The predicted molar refractivity (Wildman–Crippen MR) is 84.4 cm³/mol. The third-order valence-corrected chi connectivity index (χ3v) is 4.13. The summed E-state index contributed by atoms with van der Waals surface area (Å²) >= 11 is 1.79. The number of benzene rings is 1. The molecule has 0 saturated carbocycles. The van der Waals surface area contributed by atoms with E-state index in [0.29, 0.717) is 0 Å². The van der Waals surface area contributed by atoms with E-state index in [1.807, 2.05) is 39.0 Å². The molecular formula is C16H27NOS. The minimum absolute atomic E-state index is 0.127. The van der Waals surface area contributed by atoms with Crippen LogP contribution in [-0.4, -0.2) is 16.0 Å². The lowest BCUT2D eigenvalue weighted by Gasteiger charge is -2.32. The van der Waals surface area contributed by atoms with Gasteiger partial charge in [0.1, 0.15) is 0 Å². The molecule has 0 aromatic heterocycles. The zero-order valence-electron chi connectivity index (χ0n) is 12.9. The van der Waals surface area contributed by atoms with Crippen molar-refractivity contribution >= 4 is 11.8 Å². The summed E-state index contributed by atoms with van der Waals surface area (Å²) in [5.41, 5.74) is 7.09. The second-order valence-electron chi connectivity index (χ2n) is 7.09. The number of thioether (sulfide) groups is 1. The Bertz CT molecular complexity index is 417. The molecular weight excluding hydrogens is 254 g/mol. The molecule has 2 nitrogen and oxygen atoms in total. The topological polar surface area (TPSA) is 46.2 Å². The summed E-state index contributed by atoms with van der Waals surface area (Å²) in [5, 5.41) is 10.4. The molecule has 0 spiro atoms. The first-order chi connectivity index (χ1) is 8.52. The van der Waals surface area contributed by atoms with Crippen LogP contribution in [0.5, 0.6) is 0 Å². The van der Waals surface area contributed by atoms with E-state index in [1.165, 1.54) is 0 Å². The van der Waals surface area contributed by atoms with Gasteiger partial charge in [-0.1, -0.05) is 59.7 Å². The summed E-state index contributed by atoms with van der Waals surface area (Å²) in [7, 11) is 0. The number of rotatable bonds is 3. The smallest absolute Gasteiger partial charge is 0.0781 e. The van der Waals surface area contributed by atoms with E-state index in [9.17, 15) is 5.11 Å². The summed E-state index contributed by atoms with van der Waals surface area (Å²) in [6, 6.07) is 7.75. The van der Waals surface area contributed by atoms with E-state index >= 15 is 0 Å². The van der Waals surface area contributed by atoms with E-state index in [1.54, 1.807) is 11.8 Å². The maximum absolute atomic E-state index is 10.4. The molecule has 0 fully saturated rings. The molecule has 0 bridgehead atoms. The Balaban J connectivity index is 3.07. The fourth-order valence-electron chi connectivity index (χ4n) is 1.89. The molecule has 0 saturated heterocycles. The molecule has 0 radical (unpaired) electrons. The summed E-state index contributed by atoms with van der Waals surface area (Å²) in [5.74, 6) is 0. The number of aliphatic hydroxyl groups excluding tert-OH is 1. The summed E-state index contributed by atoms with van der Waals surface area (Å²) in [6.07, 6.45) is -0.561. The monoisotopic (exact) mass is 281 g/mol. The number of hydrogen-bond acceptors (Lipinski definition) is 3. The van der Waals surface area contributed by atoms with Crippen molar-refractivity contribution in [2.24, 2.45) is 11.1 Å². The average molecular weight is 281 g/mol. The molecule has 1 aromatic carbocycles. The highest BCUT2D eigenvalue weighted by Gasteiger charge is 2.30. The molecule has 108 valence electrons. The average Bonchev–Trinajstić information content (AvgIpc) is 2.24. The first-order valence-electron chi connectivity index (χ1n) is 6.74. The fraction of sp³-hybridized carbons (Fsp3) is 0.625. The molecule has 19 heavy (non-hydrogen) atoms. The molecule has 0 unspecified atom stereocenters. The fourth-order valence-corrected chi connectivity index (χ4v) is 3.02. The van der Waals surface area contributed by atoms with Crippen LogP contribution in [0.3, 0.4) is 0 Å². The van der Waals surface area contributed by atoms with Crippen molar-refractivity contribution in [2.75, 3.05) is 0 Å². The molecule has 3 N–H and O–H groups in total.